The number of para-hydroxylation sites is 2. The van der Waals surface area contributed by atoms with Crippen LogP contribution in [0.2, 0.25) is 0 Å². The molecule has 0 saturated carbocycles. The van der Waals surface area contributed by atoms with Crippen LogP contribution in [-0.2, 0) is 11.8 Å². The van der Waals surface area contributed by atoms with Gasteiger partial charge in [0.1, 0.15) is 11.9 Å². The highest BCUT2D eigenvalue weighted by atomic mass is 16.1. The van der Waals surface area contributed by atoms with Crippen LogP contribution in [0, 0.1) is 5.92 Å². The molecule has 2 N–H and O–H groups in total. The van der Waals surface area contributed by atoms with Gasteiger partial charge in [-0.05, 0) is 56.0 Å². The molecule has 3 aromatic rings. The van der Waals surface area contributed by atoms with Gasteiger partial charge in [0.2, 0.25) is 5.91 Å². The first-order chi connectivity index (χ1) is 13.7. The van der Waals surface area contributed by atoms with E-state index in [4.69, 9.17) is 4.98 Å². The van der Waals surface area contributed by atoms with Gasteiger partial charge in [0.05, 0.1) is 11.0 Å². The van der Waals surface area contributed by atoms with Crippen LogP contribution in [0.15, 0.2) is 54.6 Å². The van der Waals surface area contributed by atoms with Crippen molar-refractivity contribution in [2.45, 2.75) is 31.7 Å². The molecule has 1 fully saturated rings. The molecule has 1 atom stereocenters. The first-order valence-electron chi connectivity index (χ1n) is 10.2. The Morgan fingerprint density at radius 2 is 1.86 bits per heavy atom. The number of aromatic nitrogens is 2. The Morgan fingerprint density at radius 3 is 2.61 bits per heavy atom. The van der Waals surface area contributed by atoms with E-state index in [0.717, 1.165) is 41.9 Å². The molecule has 1 saturated heterocycles. The van der Waals surface area contributed by atoms with Gasteiger partial charge in [-0.1, -0.05) is 42.5 Å². The Bertz CT molecular complexity index is 928. The molecule has 1 aliphatic rings. The van der Waals surface area contributed by atoms with Crippen molar-refractivity contribution in [1.29, 1.82) is 0 Å². The number of fused-ring (bicyclic) bond motifs is 1. The third-order valence-corrected chi connectivity index (χ3v) is 5.76. The van der Waals surface area contributed by atoms with E-state index in [0.29, 0.717) is 12.3 Å². The molecule has 0 bridgehead atoms. The van der Waals surface area contributed by atoms with Gasteiger partial charge in [0.15, 0.2) is 0 Å². The SMILES string of the molecule is Cn1c(C(NC(=O)CCC2CCNCC2)c2ccccc2)nc2ccccc21. The minimum Gasteiger partial charge on any atom is -0.342 e. The zero-order valence-corrected chi connectivity index (χ0v) is 16.4. The Labute approximate surface area is 166 Å². The molecule has 5 heteroatoms. The number of carbonyl (C=O) groups excluding carboxylic acids is 1. The summed E-state index contributed by atoms with van der Waals surface area (Å²) in [7, 11) is 2.02. The summed E-state index contributed by atoms with van der Waals surface area (Å²) in [6.45, 7) is 2.14. The fourth-order valence-electron chi connectivity index (χ4n) is 4.10. The fourth-order valence-corrected chi connectivity index (χ4v) is 4.10. The van der Waals surface area contributed by atoms with Crippen molar-refractivity contribution in [2.24, 2.45) is 13.0 Å². The van der Waals surface area contributed by atoms with E-state index in [9.17, 15) is 4.79 Å². The van der Waals surface area contributed by atoms with Crippen molar-refractivity contribution in [1.82, 2.24) is 20.2 Å². The van der Waals surface area contributed by atoms with Crippen LogP contribution in [-0.4, -0.2) is 28.5 Å². The maximum atomic E-state index is 12.8. The maximum absolute atomic E-state index is 12.8. The Balaban J connectivity index is 1.55. The lowest BCUT2D eigenvalue weighted by Gasteiger charge is -2.23. The molecule has 2 heterocycles. The highest BCUT2D eigenvalue weighted by molar-refractivity contribution is 5.78. The number of benzene rings is 2. The van der Waals surface area contributed by atoms with Crippen LogP contribution in [0.25, 0.3) is 11.0 Å². The monoisotopic (exact) mass is 376 g/mol. The predicted octanol–water partition coefficient (Wildman–Crippen LogP) is 3.56. The molecule has 1 amide bonds. The van der Waals surface area contributed by atoms with Gasteiger partial charge in [-0.25, -0.2) is 4.98 Å². The fraction of sp³-hybridized carbons (Fsp3) is 0.391. The third kappa shape index (κ3) is 4.09. The lowest BCUT2D eigenvalue weighted by atomic mass is 9.93. The second-order valence-corrected chi connectivity index (χ2v) is 7.66. The summed E-state index contributed by atoms with van der Waals surface area (Å²) in [4.78, 5) is 17.6. The molecule has 1 aliphatic heterocycles. The highest BCUT2D eigenvalue weighted by Gasteiger charge is 2.23. The second-order valence-electron chi connectivity index (χ2n) is 7.66. The number of imidazole rings is 1. The average Bonchev–Trinajstić information content (AvgIpc) is 3.08. The van der Waals surface area contributed by atoms with Gasteiger partial charge in [0, 0.05) is 13.5 Å². The summed E-state index contributed by atoms with van der Waals surface area (Å²) >= 11 is 0. The molecular formula is C23H28N4O. The number of carbonyl (C=O) groups is 1. The van der Waals surface area contributed by atoms with Crippen LogP contribution in [0.4, 0.5) is 0 Å². The zero-order valence-electron chi connectivity index (χ0n) is 16.4. The van der Waals surface area contributed by atoms with Gasteiger partial charge in [-0.3, -0.25) is 4.79 Å². The van der Waals surface area contributed by atoms with Crippen LogP contribution >= 0.6 is 0 Å². The predicted molar refractivity (Wildman–Crippen MR) is 112 cm³/mol. The Kier molecular flexibility index (Phi) is 5.72. The van der Waals surface area contributed by atoms with E-state index in [1.165, 1.54) is 12.8 Å². The topological polar surface area (TPSA) is 59.0 Å². The molecule has 5 nitrogen and oxygen atoms in total. The molecule has 0 aliphatic carbocycles. The zero-order chi connectivity index (χ0) is 19.3. The number of rotatable bonds is 6. The van der Waals surface area contributed by atoms with Crippen LogP contribution in [0.3, 0.4) is 0 Å². The van der Waals surface area contributed by atoms with E-state index in [2.05, 4.69) is 33.4 Å². The highest BCUT2D eigenvalue weighted by Crippen LogP contribution is 2.25. The molecular weight excluding hydrogens is 348 g/mol. The Morgan fingerprint density at radius 1 is 1.14 bits per heavy atom. The molecule has 0 radical (unpaired) electrons. The number of hydrogen-bond acceptors (Lipinski definition) is 3. The van der Waals surface area contributed by atoms with Crippen molar-refractivity contribution in [2.75, 3.05) is 13.1 Å². The third-order valence-electron chi connectivity index (χ3n) is 5.76. The smallest absolute Gasteiger partial charge is 0.220 e. The number of piperidine rings is 1. The summed E-state index contributed by atoms with van der Waals surface area (Å²) in [5, 5.41) is 6.64. The van der Waals surface area contributed by atoms with Gasteiger partial charge in [-0.2, -0.15) is 0 Å². The van der Waals surface area contributed by atoms with E-state index in [1.54, 1.807) is 0 Å². The number of hydrogen-bond donors (Lipinski definition) is 2. The van der Waals surface area contributed by atoms with Crippen molar-refractivity contribution in [3.05, 3.63) is 66.0 Å². The summed E-state index contributed by atoms with van der Waals surface area (Å²) in [5.41, 5.74) is 3.07. The van der Waals surface area contributed by atoms with Gasteiger partial charge < -0.3 is 15.2 Å². The van der Waals surface area contributed by atoms with Crippen LogP contribution in [0.5, 0.6) is 0 Å². The summed E-state index contributed by atoms with van der Waals surface area (Å²) < 4.78 is 2.08. The lowest BCUT2D eigenvalue weighted by molar-refractivity contribution is -0.122. The van der Waals surface area contributed by atoms with Gasteiger partial charge in [-0.15, -0.1) is 0 Å². The molecule has 2 aromatic carbocycles. The minimum absolute atomic E-state index is 0.0967. The summed E-state index contributed by atoms with van der Waals surface area (Å²) in [6, 6.07) is 17.9. The molecule has 1 unspecified atom stereocenters. The number of nitrogens with one attached hydrogen (secondary N) is 2. The maximum Gasteiger partial charge on any atom is 0.220 e. The summed E-state index contributed by atoms with van der Waals surface area (Å²) in [5.74, 6) is 1.61. The standard InChI is InChI=1S/C23H28N4O/c1-27-20-10-6-5-9-19(20)25-23(27)22(18-7-3-2-4-8-18)26-21(28)12-11-17-13-15-24-16-14-17/h2-10,17,22,24H,11-16H2,1H3,(H,26,28). The first kappa shape index (κ1) is 18.7. The quantitative estimate of drug-likeness (QED) is 0.692. The first-order valence-corrected chi connectivity index (χ1v) is 10.2. The van der Waals surface area contributed by atoms with E-state index in [1.807, 2.05) is 43.4 Å². The molecule has 28 heavy (non-hydrogen) atoms. The number of amides is 1. The van der Waals surface area contributed by atoms with Crippen molar-refractivity contribution >= 4 is 16.9 Å². The van der Waals surface area contributed by atoms with Gasteiger partial charge in [0.25, 0.3) is 0 Å². The van der Waals surface area contributed by atoms with E-state index in [-0.39, 0.29) is 11.9 Å². The van der Waals surface area contributed by atoms with Gasteiger partial charge >= 0.3 is 0 Å². The van der Waals surface area contributed by atoms with Crippen molar-refractivity contribution in [3.8, 4) is 0 Å². The van der Waals surface area contributed by atoms with Crippen molar-refractivity contribution < 1.29 is 4.79 Å². The normalized spacial score (nSPS) is 16.2. The number of nitrogens with zero attached hydrogens (tertiary/aromatic N) is 2. The average molecular weight is 377 g/mol. The van der Waals surface area contributed by atoms with E-state index >= 15 is 0 Å². The molecule has 146 valence electrons. The Hall–Kier alpha value is -2.66. The van der Waals surface area contributed by atoms with Crippen molar-refractivity contribution in [3.63, 3.8) is 0 Å². The largest absolute Gasteiger partial charge is 0.342 e. The van der Waals surface area contributed by atoms with E-state index < -0.39 is 0 Å². The van der Waals surface area contributed by atoms with Crippen LogP contribution < -0.4 is 10.6 Å². The second kappa shape index (κ2) is 8.57. The van der Waals surface area contributed by atoms with Crippen LogP contribution in [0.1, 0.15) is 43.1 Å². The molecule has 1 aromatic heterocycles. The minimum atomic E-state index is -0.251. The number of aryl methyl sites for hydroxylation is 1. The summed E-state index contributed by atoms with van der Waals surface area (Å²) in [6.07, 6.45) is 3.86. The molecule has 4 rings (SSSR count). The lowest BCUT2D eigenvalue weighted by Crippen LogP contribution is -2.32. The molecule has 0 spiro atoms.